The van der Waals surface area contributed by atoms with Gasteiger partial charge in [0.05, 0.1) is 6.07 Å². The quantitative estimate of drug-likeness (QED) is 0.469. The van der Waals surface area contributed by atoms with Gasteiger partial charge in [-0.05, 0) is 68.8 Å². The molecule has 0 aliphatic heterocycles. The van der Waals surface area contributed by atoms with Gasteiger partial charge in [-0.3, -0.25) is 0 Å². The van der Waals surface area contributed by atoms with Crippen molar-refractivity contribution in [2.24, 2.45) is 11.8 Å². The minimum Gasteiger partial charge on any atom is -0.241 e. The lowest BCUT2D eigenvalue weighted by Crippen LogP contribution is -2.16. The molecule has 2 aliphatic carbocycles. The largest absolute Gasteiger partial charge is 0.241 e. The molecule has 2 fully saturated rings. The van der Waals surface area contributed by atoms with Crippen molar-refractivity contribution in [1.29, 1.82) is 5.26 Å². The first-order chi connectivity index (χ1) is 13.3. The van der Waals surface area contributed by atoms with E-state index >= 15 is 0 Å². The second-order valence-electron chi connectivity index (χ2n) is 8.97. The molecule has 0 atom stereocenters. The van der Waals surface area contributed by atoms with Gasteiger partial charge < -0.3 is 0 Å². The first-order valence-electron chi connectivity index (χ1n) is 11.5. The fourth-order valence-electron chi connectivity index (χ4n) is 5.07. The number of hydrogen-bond acceptors (Lipinski definition) is 3. The zero-order valence-corrected chi connectivity index (χ0v) is 17.2. The lowest BCUT2D eigenvalue weighted by molar-refractivity contribution is 0.301. The van der Waals surface area contributed by atoms with Crippen molar-refractivity contribution < 1.29 is 0 Å². The molecule has 0 spiro atoms. The maximum atomic E-state index is 9.05. The first-order valence-corrected chi connectivity index (χ1v) is 11.5. The van der Waals surface area contributed by atoms with Gasteiger partial charge in [0.15, 0.2) is 0 Å². The Kier molecular flexibility index (Phi) is 8.11. The van der Waals surface area contributed by atoms with Crippen LogP contribution in [-0.4, -0.2) is 9.97 Å². The molecule has 0 amide bonds. The summed E-state index contributed by atoms with van der Waals surface area (Å²) in [5, 5.41) is 9.05. The average molecular weight is 368 g/mol. The fourth-order valence-corrected chi connectivity index (χ4v) is 5.07. The van der Waals surface area contributed by atoms with Crippen molar-refractivity contribution in [3.63, 3.8) is 0 Å². The highest BCUT2D eigenvalue weighted by molar-refractivity contribution is 5.14. The number of nitrogens with zero attached hydrogens (tertiary/aromatic N) is 3. The van der Waals surface area contributed by atoms with Gasteiger partial charge in [-0.15, -0.1) is 0 Å². The van der Waals surface area contributed by atoms with Gasteiger partial charge in [-0.25, -0.2) is 9.97 Å². The highest BCUT2D eigenvalue weighted by Crippen LogP contribution is 2.38. The molecule has 2 aliphatic rings. The molecule has 0 saturated heterocycles. The molecule has 0 N–H and O–H groups in total. The second-order valence-corrected chi connectivity index (χ2v) is 8.97. The SMILES string of the molecule is CCCCCCC[C@H]1CC[C@H](c2cnc([C@H]3CC[C@H](C#N)CC3)nc2)CC1. The molecule has 0 bridgehead atoms. The molecular formula is C24H37N3. The Labute approximate surface area is 166 Å². The molecule has 1 heterocycles. The van der Waals surface area contributed by atoms with Crippen molar-refractivity contribution >= 4 is 0 Å². The van der Waals surface area contributed by atoms with Crippen LogP contribution in [0.4, 0.5) is 0 Å². The number of rotatable bonds is 8. The maximum absolute atomic E-state index is 9.05. The van der Waals surface area contributed by atoms with Crippen molar-refractivity contribution in [2.75, 3.05) is 0 Å². The third-order valence-corrected chi connectivity index (χ3v) is 7.00. The second kappa shape index (κ2) is 10.8. The summed E-state index contributed by atoms with van der Waals surface area (Å²) in [7, 11) is 0. The molecule has 0 aromatic carbocycles. The molecular weight excluding hydrogens is 330 g/mol. The minimum atomic E-state index is 0.252. The standard InChI is InChI=1S/C24H37N3/c1-2-3-4-5-6-7-19-8-12-21(13-9-19)23-17-26-24(27-18-23)22-14-10-20(16-25)11-15-22/h17-22H,2-15H2,1H3/t19-,20-,21-,22-. The van der Waals surface area contributed by atoms with E-state index in [0.717, 1.165) is 37.4 Å². The lowest BCUT2D eigenvalue weighted by Gasteiger charge is -2.29. The van der Waals surface area contributed by atoms with Crippen molar-refractivity contribution in [3.8, 4) is 6.07 Å². The van der Waals surface area contributed by atoms with Gasteiger partial charge in [-0.2, -0.15) is 5.26 Å². The van der Waals surface area contributed by atoms with Gasteiger partial charge >= 0.3 is 0 Å². The van der Waals surface area contributed by atoms with E-state index in [2.05, 4.69) is 25.4 Å². The van der Waals surface area contributed by atoms with Crippen LogP contribution >= 0.6 is 0 Å². The molecule has 3 heteroatoms. The predicted octanol–water partition coefficient (Wildman–Crippen LogP) is 6.91. The predicted molar refractivity (Wildman–Crippen MR) is 110 cm³/mol. The summed E-state index contributed by atoms with van der Waals surface area (Å²) in [6, 6.07) is 2.41. The molecule has 2 saturated carbocycles. The zero-order chi connectivity index (χ0) is 18.9. The Balaban J connectivity index is 1.40. The monoisotopic (exact) mass is 367 g/mol. The highest BCUT2D eigenvalue weighted by Gasteiger charge is 2.25. The Morgan fingerprint density at radius 2 is 1.48 bits per heavy atom. The summed E-state index contributed by atoms with van der Waals surface area (Å²) in [6.45, 7) is 2.29. The summed E-state index contributed by atoms with van der Waals surface area (Å²) in [5.74, 6) is 3.36. The van der Waals surface area contributed by atoms with Gasteiger partial charge in [-0.1, -0.05) is 45.4 Å². The van der Waals surface area contributed by atoms with E-state index in [1.54, 1.807) is 0 Å². The van der Waals surface area contributed by atoms with Crippen molar-refractivity contribution in [2.45, 2.75) is 109 Å². The van der Waals surface area contributed by atoms with Crippen molar-refractivity contribution in [3.05, 3.63) is 23.8 Å². The minimum absolute atomic E-state index is 0.252. The van der Waals surface area contributed by atoms with Gasteiger partial charge in [0.1, 0.15) is 5.82 Å². The highest BCUT2D eigenvalue weighted by atomic mass is 14.9. The zero-order valence-electron chi connectivity index (χ0n) is 17.2. The Bertz CT molecular complexity index is 573. The Hall–Kier alpha value is -1.43. The van der Waals surface area contributed by atoms with E-state index < -0.39 is 0 Å². The summed E-state index contributed by atoms with van der Waals surface area (Å²) in [4.78, 5) is 9.46. The van der Waals surface area contributed by atoms with Gasteiger partial charge in [0.2, 0.25) is 0 Å². The lowest BCUT2D eigenvalue weighted by atomic mass is 9.77. The van der Waals surface area contributed by atoms with Crippen LogP contribution in [0.3, 0.4) is 0 Å². The van der Waals surface area contributed by atoms with E-state index in [1.807, 2.05) is 0 Å². The van der Waals surface area contributed by atoms with Crippen LogP contribution in [0, 0.1) is 23.2 Å². The summed E-state index contributed by atoms with van der Waals surface area (Å²) >= 11 is 0. The van der Waals surface area contributed by atoms with Crippen LogP contribution in [0.25, 0.3) is 0 Å². The Morgan fingerprint density at radius 1 is 0.852 bits per heavy atom. The third-order valence-electron chi connectivity index (χ3n) is 7.00. The molecule has 0 unspecified atom stereocenters. The molecule has 0 radical (unpaired) electrons. The van der Waals surface area contributed by atoms with E-state index in [-0.39, 0.29) is 5.92 Å². The molecule has 148 valence electrons. The maximum Gasteiger partial charge on any atom is 0.131 e. The normalized spacial score (nSPS) is 28.6. The van der Waals surface area contributed by atoms with Crippen LogP contribution < -0.4 is 0 Å². The van der Waals surface area contributed by atoms with Crippen LogP contribution in [0.1, 0.15) is 120 Å². The van der Waals surface area contributed by atoms with Gasteiger partial charge in [0.25, 0.3) is 0 Å². The summed E-state index contributed by atoms with van der Waals surface area (Å²) < 4.78 is 0. The smallest absolute Gasteiger partial charge is 0.131 e. The van der Waals surface area contributed by atoms with Crippen LogP contribution in [-0.2, 0) is 0 Å². The van der Waals surface area contributed by atoms with E-state index in [0.29, 0.717) is 11.8 Å². The van der Waals surface area contributed by atoms with Gasteiger partial charge in [0, 0.05) is 24.2 Å². The summed E-state index contributed by atoms with van der Waals surface area (Å²) in [6.07, 6.45) is 22.2. The molecule has 3 rings (SSSR count). The van der Waals surface area contributed by atoms with Crippen LogP contribution in [0.2, 0.25) is 0 Å². The molecule has 1 aromatic rings. The number of aromatic nitrogens is 2. The van der Waals surface area contributed by atoms with E-state index in [9.17, 15) is 0 Å². The third kappa shape index (κ3) is 6.03. The molecule has 1 aromatic heterocycles. The number of hydrogen-bond donors (Lipinski definition) is 0. The molecule has 3 nitrogen and oxygen atoms in total. The topological polar surface area (TPSA) is 49.6 Å². The average Bonchev–Trinajstić information content (AvgIpc) is 2.74. The Morgan fingerprint density at radius 3 is 2.11 bits per heavy atom. The van der Waals surface area contributed by atoms with Crippen LogP contribution in [0.5, 0.6) is 0 Å². The molecule has 27 heavy (non-hydrogen) atoms. The van der Waals surface area contributed by atoms with E-state index in [4.69, 9.17) is 15.2 Å². The van der Waals surface area contributed by atoms with Crippen molar-refractivity contribution in [1.82, 2.24) is 9.97 Å². The van der Waals surface area contributed by atoms with E-state index in [1.165, 1.54) is 69.8 Å². The first kappa shape index (κ1) is 20.3. The summed E-state index contributed by atoms with van der Waals surface area (Å²) in [5.41, 5.74) is 1.35. The van der Waals surface area contributed by atoms with Crippen LogP contribution in [0.15, 0.2) is 12.4 Å². The number of unbranched alkanes of at least 4 members (excludes halogenated alkanes) is 4. The number of nitriles is 1. The fraction of sp³-hybridized carbons (Fsp3) is 0.792.